The first-order chi connectivity index (χ1) is 8.65. The zero-order valence-corrected chi connectivity index (χ0v) is 12.7. The van der Waals surface area contributed by atoms with Crippen molar-refractivity contribution < 1.29 is 9.53 Å². The lowest BCUT2D eigenvalue weighted by atomic mass is 10.3. The molecule has 1 amide bonds. The molecule has 0 saturated carbocycles. The van der Waals surface area contributed by atoms with Crippen LogP contribution in [0.25, 0.3) is 0 Å². The fourth-order valence-electron chi connectivity index (χ4n) is 1.32. The molecule has 0 aliphatic rings. The van der Waals surface area contributed by atoms with E-state index in [-0.39, 0.29) is 6.10 Å². The van der Waals surface area contributed by atoms with Crippen LogP contribution in [0.4, 0.5) is 10.5 Å². The summed E-state index contributed by atoms with van der Waals surface area (Å²) in [4.78, 5) is 11.7. The first-order valence-corrected chi connectivity index (χ1v) is 8.53. The van der Waals surface area contributed by atoms with Crippen LogP contribution in [0.2, 0.25) is 5.02 Å². The summed E-state index contributed by atoms with van der Waals surface area (Å²) < 4.78 is 5.34. The van der Waals surface area contributed by atoms with Crippen LogP contribution in [0.15, 0.2) is 24.3 Å². The third-order valence-electron chi connectivity index (χ3n) is 2.07. The summed E-state index contributed by atoms with van der Waals surface area (Å²) in [6.07, 6.45) is 3.49. The van der Waals surface area contributed by atoms with Gasteiger partial charge < -0.3 is 4.74 Å². The molecule has 0 radical (unpaired) electrons. The topological polar surface area (TPSA) is 38.3 Å². The van der Waals surface area contributed by atoms with Gasteiger partial charge in [0.1, 0.15) is 6.10 Å². The zero-order valence-electron chi connectivity index (χ0n) is 10.3. The molecule has 0 unspecified atom stereocenters. The third-order valence-corrected chi connectivity index (χ3v) is 3.73. The Bertz CT molecular complexity index is 367. The molecular formula is C12H16ClNO2S2. The van der Waals surface area contributed by atoms with E-state index in [1.54, 1.807) is 47.8 Å². The summed E-state index contributed by atoms with van der Waals surface area (Å²) in [5, 5.41) is 3.31. The number of carbonyl (C=O) groups is 1. The van der Waals surface area contributed by atoms with E-state index in [9.17, 15) is 4.79 Å². The Morgan fingerprint density at radius 2 is 1.83 bits per heavy atom. The number of carbonyl (C=O) groups excluding carboxylic acids is 1. The third kappa shape index (κ3) is 5.89. The number of halogens is 1. The number of rotatable bonds is 6. The maximum atomic E-state index is 11.7. The van der Waals surface area contributed by atoms with Crippen LogP contribution in [-0.4, -0.2) is 36.2 Å². The lowest BCUT2D eigenvalue weighted by Gasteiger charge is -2.16. The fourth-order valence-corrected chi connectivity index (χ4v) is 2.71. The summed E-state index contributed by atoms with van der Waals surface area (Å²) in [5.41, 5.74) is 0.677. The summed E-state index contributed by atoms with van der Waals surface area (Å²) in [5.74, 6) is 1.60. The maximum Gasteiger partial charge on any atom is 0.411 e. The fraction of sp³-hybridized carbons (Fsp3) is 0.417. The minimum atomic E-state index is -0.426. The highest BCUT2D eigenvalue weighted by atomic mass is 35.5. The lowest BCUT2D eigenvalue weighted by molar-refractivity contribution is 0.134. The molecule has 0 fully saturated rings. The molecule has 1 aromatic rings. The number of nitrogens with one attached hydrogen (secondary N) is 1. The molecule has 3 nitrogen and oxygen atoms in total. The first-order valence-electron chi connectivity index (χ1n) is 5.36. The summed E-state index contributed by atoms with van der Waals surface area (Å²) in [6.45, 7) is 0. The van der Waals surface area contributed by atoms with Crippen LogP contribution in [0.1, 0.15) is 0 Å². The van der Waals surface area contributed by atoms with Gasteiger partial charge in [0.2, 0.25) is 0 Å². The summed E-state index contributed by atoms with van der Waals surface area (Å²) in [6, 6.07) is 6.92. The van der Waals surface area contributed by atoms with Gasteiger partial charge in [-0.2, -0.15) is 23.5 Å². The van der Waals surface area contributed by atoms with Gasteiger partial charge in [-0.25, -0.2) is 4.79 Å². The minimum absolute atomic E-state index is 0.0673. The van der Waals surface area contributed by atoms with E-state index in [0.29, 0.717) is 10.7 Å². The maximum absolute atomic E-state index is 11.7. The highest BCUT2D eigenvalue weighted by Crippen LogP contribution is 2.14. The van der Waals surface area contributed by atoms with Gasteiger partial charge >= 0.3 is 6.09 Å². The van der Waals surface area contributed by atoms with Gasteiger partial charge in [0.05, 0.1) is 0 Å². The van der Waals surface area contributed by atoms with Crippen LogP contribution >= 0.6 is 35.1 Å². The SMILES string of the molecule is CSCC(CSC)OC(=O)Nc1ccc(Cl)cc1. The van der Waals surface area contributed by atoms with Crippen molar-refractivity contribution in [3.8, 4) is 0 Å². The van der Waals surface area contributed by atoms with Crippen molar-refractivity contribution in [2.75, 3.05) is 29.3 Å². The molecule has 0 heterocycles. The summed E-state index contributed by atoms with van der Waals surface area (Å²) in [7, 11) is 0. The predicted molar refractivity (Wildman–Crippen MR) is 82.1 cm³/mol. The Morgan fingerprint density at radius 1 is 1.28 bits per heavy atom. The van der Waals surface area contributed by atoms with Crippen molar-refractivity contribution in [2.24, 2.45) is 0 Å². The molecule has 0 aliphatic carbocycles. The van der Waals surface area contributed by atoms with Crippen molar-refractivity contribution in [3.63, 3.8) is 0 Å². The predicted octanol–water partition coefficient (Wildman–Crippen LogP) is 3.98. The summed E-state index contributed by atoms with van der Waals surface area (Å²) >= 11 is 9.09. The second-order valence-corrected chi connectivity index (χ2v) is 5.83. The van der Waals surface area contributed by atoms with Crippen LogP contribution in [0.5, 0.6) is 0 Å². The van der Waals surface area contributed by atoms with Crippen LogP contribution in [-0.2, 0) is 4.74 Å². The second-order valence-electron chi connectivity index (χ2n) is 3.57. The van der Waals surface area contributed by atoms with Gasteiger partial charge in [0.15, 0.2) is 0 Å². The number of benzene rings is 1. The largest absolute Gasteiger partial charge is 0.444 e. The molecule has 18 heavy (non-hydrogen) atoms. The van der Waals surface area contributed by atoms with Crippen molar-refractivity contribution >= 4 is 46.9 Å². The van der Waals surface area contributed by atoms with Crippen LogP contribution in [0, 0.1) is 0 Å². The average Bonchev–Trinajstić information content (AvgIpc) is 2.33. The molecule has 0 bridgehead atoms. The van der Waals surface area contributed by atoms with Gasteiger partial charge in [0, 0.05) is 22.2 Å². The molecule has 1 N–H and O–H groups in total. The molecule has 1 aromatic carbocycles. The zero-order chi connectivity index (χ0) is 13.4. The minimum Gasteiger partial charge on any atom is -0.444 e. The van der Waals surface area contributed by atoms with Gasteiger partial charge in [-0.05, 0) is 36.8 Å². The Morgan fingerprint density at radius 3 is 2.33 bits per heavy atom. The van der Waals surface area contributed by atoms with Gasteiger partial charge in [0.25, 0.3) is 0 Å². The Kier molecular flexibility index (Phi) is 7.39. The molecule has 0 aliphatic heterocycles. The van der Waals surface area contributed by atoms with Crippen molar-refractivity contribution in [1.29, 1.82) is 0 Å². The Balaban J connectivity index is 2.46. The normalized spacial score (nSPS) is 10.4. The van der Waals surface area contributed by atoms with Crippen LogP contribution < -0.4 is 5.32 Å². The van der Waals surface area contributed by atoms with E-state index < -0.39 is 6.09 Å². The molecule has 0 saturated heterocycles. The Labute approximate surface area is 121 Å². The number of ether oxygens (including phenoxy) is 1. The smallest absolute Gasteiger partial charge is 0.411 e. The lowest BCUT2D eigenvalue weighted by Crippen LogP contribution is -2.26. The van der Waals surface area contributed by atoms with Crippen LogP contribution in [0.3, 0.4) is 0 Å². The number of hydrogen-bond acceptors (Lipinski definition) is 4. The van der Waals surface area contributed by atoms with E-state index >= 15 is 0 Å². The molecule has 1 rings (SSSR count). The number of thioether (sulfide) groups is 2. The van der Waals surface area contributed by atoms with Crippen molar-refractivity contribution in [1.82, 2.24) is 0 Å². The number of amides is 1. The van der Waals surface area contributed by atoms with E-state index in [4.69, 9.17) is 16.3 Å². The van der Waals surface area contributed by atoms with Crippen molar-refractivity contribution in [3.05, 3.63) is 29.3 Å². The standard InChI is InChI=1S/C12H16ClNO2S2/c1-17-7-11(8-18-2)16-12(15)14-10-5-3-9(13)4-6-10/h3-6,11H,7-8H2,1-2H3,(H,14,15). The number of hydrogen-bond donors (Lipinski definition) is 1. The monoisotopic (exact) mass is 305 g/mol. The molecule has 100 valence electrons. The number of anilines is 1. The van der Waals surface area contributed by atoms with Gasteiger partial charge in [-0.15, -0.1) is 0 Å². The van der Waals surface area contributed by atoms with E-state index in [2.05, 4.69) is 5.32 Å². The molecular weight excluding hydrogens is 290 g/mol. The second kappa shape index (κ2) is 8.56. The quantitative estimate of drug-likeness (QED) is 0.862. The van der Waals surface area contributed by atoms with E-state index in [1.165, 1.54) is 0 Å². The Hall–Kier alpha value is -0.520. The van der Waals surface area contributed by atoms with Gasteiger partial charge in [-0.1, -0.05) is 11.6 Å². The van der Waals surface area contributed by atoms with E-state index in [0.717, 1.165) is 11.5 Å². The highest BCUT2D eigenvalue weighted by Gasteiger charge is 2.13. The van der Waals surface area contributed by atoms with E-state index in [1.807, 2.05) is 12.5 Å². The molecule has 0 aromatic heterocycles. The first kappa shape index (κ1) is 15.5. The highest BCUT2D eigenvalue weighted by molar-refractivity contribution is 7.99. The van der Waals surface area contributed by atoms with Crippen molar-refractivity contribution in [2.45, 2.75) is 6.10 Å². The molecule has 6 heteroatoms. The average molecular weight is 306 g/mol. The van der Waals surface area contributed by atoms with Gasteiger partial charge in [-0.3, -0.25) is 5.32 Å². The molecule has 0 atom stereocenters. The molecule has 0 spiro atoms.